The molecule has 0 spiro atoms. The highest BCUT2D eigenvalue weighted by Gasteiger charge is 2.30. The highest BCUT2D eigenvalue weighted by molar-refractivity contribution is 5.91. The number of hydrogen-bond donors (Lipinski definition) is 1. The zero-order valence-corrected chi connectivity index (χ0v) is 18.9. The van der Waals surface area contributed by atoms with Gasteiger partial charge in [0.2, 0.25) is 12.7 Å². The normalized spacial score (nSPS) is 12.8. The van der Waals surface area contributed by atoms with Crippen LogP contribution in [0.2, 0.25) is 0 Å². The summed E-state index contributed by atoms with van der Waals surface area (Å²) in [6.07, 6.45) is -3.13. The molecular weight excluding hydrogens is 467 g/mol. The highest BCUT2D eigenvalue weighted by atomic mass is 19.4. The van der Waals surface area contributed by atoms with Crippen LogP contribution in [0, 0.1) is 0 Å². The lowest BCUT2D eigenvalue weighted by Gasteiger charge is -2.21. The molecule has 186 valence electrons. The van der Waals surface area contributed by atoms with Gasteiger partial charge < -0.3 is 23.9 Å². The van der Waals surface area contributed by atoms with Crippen molar-refractivity contribution < 1.29 is 36.6 Å². The Morgan fingerprint density at radius 2 is 1.77 bits per heavy atom. The van der Waals surface area contributed by atoms with Crippen LogP contribution in [-0.4, -0.2) is 42.8 Å². The molecule has 0 unspecified atom stereocenters. The lowest BCUT2D eigenvalue weighted by Crippen LogP contribution is -2.27. The Morgan fingerprint density at radius 1 is 1.06 bits per heavy atom. The van der Waals surface area contributed by atoms with E-state index >= 15 is 0 Å². The Kier molecular flexibility index (Phi) is 7.57. The maximum Gasteiger partial charge on any atom is 0.416 e. The van der Waals surface area contributed by atoms with Crippen molar-refractivity contribution in [3.63, 3.8) is 0 Å². The van der Waals surface area contributed by atoms with Crippen molar-refractivity contribution in [2.45, 2.75) is 25.8 Å². The lowest BCUT2D eigenvalue weighted by molar-refractivity contribution is -0.137. The number of methoxy groups -OCH3 is 1. The first-order chi connectivity index (χ1) is 16.8. The minimum absolute atomic E-state index is 0.133. The summed E-state index contributed by atoms with van der Waals surface area (Å²) in [5.74, 6) is 1.19. The second-order valence-electron chi connectivity index (χ2n) is 7.90. The highest BCUT2D eigenvalue weighted by Crippen LogP contribution is 2.33. The van der Waals surface area contributed by atoms with Gasteiger partial charge in [0.15, 0.2) is 17.2 Å². The third-order valence-electron chi connectivity index (χ3n) is 5.27. The summed E-state index contributed by atoms with van der Waals surface area (Å²) in [5, 5.41) is 2.67. The van der Waals surface area contributed by atoms with Crippen molar-refractivity contribution in [1.29, 1.82) is 0 Å². The van der Waals surface area contributed by atoms with Crippen molar-refractivity contribution in [3.05, 3.63) is 77.0 Å². The van der Waals surface area contributed by atoms with Gasteiger partial charge in [0.05, 0.1) is 18.7 Å². The smallest absolute Gasteiger partial charge is 0.416 e. The van der Waals surface area contributed by atoms with E-state index in [2.05, 4.69) is 10.3 Å². The summed E-state index contributed by atoms with van der Waals surface area (Å²) >= 11 is 0. The first kappa shape index (κ1) is 24.6. The third-order valence-corrected chi connectivity index (χ3v) is 5.27. The Labute approximate surface area is 199 Å². The van der Waals surface area contributed by atoms with E-state index in [0.717, 1.165) is 17.7 Å². The van der Waals surface area contributed by atoms with Crippen LogP contribution in [0.4, 0.5) is 13.2 Å². The molecule has 0 aliphatic carbocycles. The van der Waals surface area contributed by atoms with Crippen molar-refractivity contribution in [1.82, 2.24) is 15.2 Å². The van der Waals surface area contributed by atoms with Crippen molar-refractivity contribution in [3.8, 4) is 11.5 Å². The van der Waals surface area contributed by atoms with Gasteiger partial charge in [0.25, 0.3) is 5.91 Å². The number of benzene rings is 2. The number of carbonyl (C=O) groups is 1. The molecule has 0 atom stereocenters. The SMILES string of the molecule is COCCNC(=O)c1coc(CN(Cc2ccc(C(F)(F)F)cc2)Cc2ccc3c(c2)OCO3)n1. The summed E-state index contributed by atoms with van der Waals surface area (Å²) in [4.78, 5) is 18.4. The second-order valence-corrected chi connectivity index (χ2v) is 7.90. The Morgan fingerprint density at radius 3 is 2.51 bits per heavy atom. The van der Waals surface area contributed by atoms with E-state index in [1.807, 2.05) is 23.1 Å². The number of nitrogens with zero attached hydrogens (tertiary/aromatic N) is 2. The number of alkyl halides is 3. The average Bonchev–Trinajstić information content (AvgIpc) is 3.48. The van der Waals surface area contributed by atoms with E-state index in [9.17, 15) is 18.0 Å². The van der Waals surface area contributed by atoms with Gasteiger partial charge in [-0.3, -0.25) is 9.69 Å². The van der Waals surface area contributed by atoms with Crippen molar-refractivity contribution in [2.24, 2.45) is 0 Å². The van der Waals surface area contributed by atoms with E-state index in [-0.39, 0.29) is 24.9 Å². The van der Waals surface area contributed by atoms with Gasteiger partial charge in [-0.15, -0.1) is 0 Å². The third kappa shape index (κ3) is 6.52. The Hall–Kier alpha value is -3.57. The van der Waals surface area contributed by atoms with E-state index < -0.39 is 11.7 Å². The number of fused-ring (bicyclic) bond motifs is 1. The molecule has 0 saturated heterocycles. The van der Waals surface area contributed by atoms with Crippen LogP contribution in [0.15, 0.2) is 53.1 Å². The Balaban J connectivity index is 1.49. The number of carbonyl (C=O) groups excluding carboxylic acids is 1. The first-order valence-electron chi connectivity index (χ1n) is 10.8. The molecular formula is C24H24F3N3O5. The van der Waals surface area contributed by atoms with E-state index in [0.29, 0.717) is 49.2 Å². The first-order valence-corrected chi connectivity index (χ1v) is 10.8. The Bertz CT molecular complexity index is 1150. The second kappa shape index (κ2) is 10.8. The minimum atomic E-state index is -4.40. The van der Waals surface area contributed by atoms with E-state index in [4.69, 9.17) is 18.6 Å². The maximum absolute atomic E-state index is 12.9. The predicted molar refractivity (Wildman–Crippen MR) is 118 cm³/mol. The van der Waals surface area contributed by atoms with Gasteiger partial charge in [0.1, 0.15) is 6.26 Å². The molecule has 1 N–H and O–H groups in total. The molecule has 1 aromatic heterocycles. The summed E-state index contributed by atoms with van der Waals surface area (Å²) < 4.78 is 60.0. The summed E-state index contributed by atoms with van der Waals surface area (Å²) in [7, 11) is 1.53. The quantitative estimate of drug-likeness (QED) is 0.429. The molecule has 1 amide bonds. The number of hydrogen-bond acceptors (Lipinski definition) is 7. The van der Waals surface area contributed by atoms with Crippen LogP contribution in [0.5, 0.6) is 11.5 Å². The molecule has 0 radical (unpaired) electrons. The largest absolute Gasteiger partial charge is 0.454 e. The van der Waals surface area contributed by atoms with Crippen LogP contribution < -0.4 is 14.8 Å². The number of ether oxygens (including phenoxy) is 3. The van der Waals surface area contributed by atoms with Gasteiger partial charge in [-0.25, -0.2) is 4.98 Å². The molecule has 2 heterocycles. The fourth-order valence-corrected chi connectivity index (χ4v) is 3.56. The van der Waals surface area contributed by atoms with E-state index in [1.54, 1.807) is 0 Å². The number of nitrogens with one attached hydrogen (secondary N) is 1. The molecule has 0 fully saturated rings. The molecule has 2 aromatic carbocycles. The maximum atomic E-state index is 12.9. The molecule has 0 bridgehead atoms. The molecule has 1 aliphatic heterocycles. The van der Waals surface area contributed by atoms with Crippen LogP contribution in [-0.2, 0) is 30.5 Å². The number of aromatic nitrogens is 1. The van der Waals surface area contributed by atoms with Crippen LogP contribution in [0.3, 0.4) is 0 Å². The van der Waals surface area contributed by atoms with Gasteiger partial charge in [-0.2, -0.15) is 13.2 Å². The zero-order valence-electron chi connectivity index (χ0n) is 18.9. The van der Waals surface area contributed by atoms with Gasteiger partial charge in [0, 0.05) is 26.7 Å². The summed E-state index contributed by atoms with van der Waals surface area (Å²) in [5.41, 5.74) is 1.02. The molecule has 11 heteroatoms. The molecule has 3 aromatic rings. The van der Waals surface area contributed by atoms with Crippen LogP contribution in [0.1, 0.15) is 33.1 Å². The number of oxazole rings is 1. The fourth-order valence-electron chi connectivity index (χ4n) is 3.56. The predicted octanol–water partition coefficient (Wildman–Crippen LogP) is 4.00. The molecule has 0 saturated carbocycles. The number of amides is 1. The monoisotopic (exact) mass is 491 g/mol. The van der Waals surface area contributed by atoms with E-state index in [1.165, 1.54) is 25.5 Å². The lowest BCUT2D eigenvalue weighted by atomic mass is 10.1. The average molecular weight is 491 g/mol. The summed E-state index contributed by atoms with van der Waals surface area (Å²) in [6.45, 7) is 1.83. The van der Waals surface area contributed by atoms with Crippen molar-refractivity contribution >= 4 is 5.91 Å². The van der Waals surface area contributed by atoms with Gasteiger partial charge in [-0.05, 0) is 35.4 Å². The van der Waals surface area contributed by atoms with Gasteiger partial charge in [-0.1, -0.05) is 18.2 Å². The molecule has 4 rings (SSSR count). The number of rotatable bonds is 10. The minimum Gasteiger partial charge on any atom is -0.454 e. The molecule has 35 heavy (non-hydrogen) atoms. The molecule has 8 nitrogen and oxygen atoms in total. The van der Waals surface area contributed by atoms with Gasteiger partial charge >= 0.3 is 6.18 Å². The zero-order chi connectivity index (χ0) is 24.8. The standard InChI is InChI=1S/C24H24F3N3O5/c1-32-9-8-28-23(31)19-14-33-22(29-19)13-30(11-16-2-5-18(6-3-16)24(25,26)27)12-17-4-7-20-21(10-17)35-15-34-20/h2-7,10,14H,8-9,11-13,15H2,1H3,(H,28,31). The topological polar surface area (TPSA) is 86.1 Å². The van der Waals surface area contributed by atoms with Crippen LogP contribution in [0.25, 0.3) is 0 Å². The van der Waals surface area contributed by atoms with Crippen molar-refractivity contribution in [2.75, 3.05) is 27.1 Å². The summed E-state index contributed by atoms with van der Waals surface area (Å²) in [6, 6.07) is 10.5. The molecule has 1 aliphatic rings. The number of halogens is 3. The fraction of sp³-hybridized carbons (Fsp3) is 0.333. The van der Waals surface area contributed by atoms with Crippen LogP contribution >= 0.6 is 0 Å².